The van der Waals surface area contributed by atoms with E-state index in [9.17, 15) is 19.5 Å². The third kappa shape index (κ3) is 5.18. The van der Waals surface area contributed by atoms with Crippen LogP contribution in [0.1, 0.15) is 53.9 Å². The minimum Gasteiger partial charge on any atom is -0.479 e. The number of nitrogens with one attached hydrogen (secondary N) is 1. The van der Waals surface area contributed by atoms with Crippen LogP contribution in [0.15, 0.2) is 25.3 Å². The highest BCUT2D eigenvalue weighted by molar-refractivity contribution is 5.90. The van der Waals surface area contributed by atoms with Crippen molar-refractivity contribution in [3.63, 3.8) is 0 Å². The van der Waals surface area contributed by atoms with E-state index in [4.69, 9.17) is 15.2 Å². The minimum absolute atomic E-state index is 0.113. The third-order valence-electron chi connectivity index (χ3n) is 5.41. The molecule has 0 bridgehead atoms. The van der Waals surface area contributed by atoms with E-state index in [-0.39, 0.29) is 11.9 Å². The molecule has 2 fully saturated rings. The molecule has 0 aliphatic heterocycles. The molecule has 4 N–H and O–H groups in total. The van der Waals surface area contributed by atoms with E-state index in [2.05, 4.69) is 18.5 Å². The Bertz CT molecular complexity index is 685. The van der Waals surface area contributed by atoms with Crippen LogP contribution < -0.4 is 11.1 Å². The number of nitrogens with two attached hydrogens (primary N) is 1. The van der Waals surface area contributed by atoms with Gasteiger partial charge in [-0.3, -0.25) is 4.79 Å². The molecule has 1 amide bonds. The van der Waals surface area contributed by atoms with Gasteiger partial charge in [-0.1, -0.05) is 19.1 Å². The van der Waals surface area contributed by atoms with Crippen molar-refractivity contribution < 1.29 is 29.0 Å². The van der Waals surface area contributed by atoms with Gasteiger partial charge < -0.3 is 25.6 Å². The van der Waals surface area contributed by atoms with Gasteiger partial charge >= 0.3 is 18.0 Å². The van der Waals surface area contributed by atoms with E-state index in [1.807, 2.05) is 6.92 Å². The zero-order chi connectivity index (χ0) is 22.7. The summed E-state index contributed by atoms with van der Waals surface area (Å²) in [7, 11) is 0. The highest BCUT2D eigenvalue weighted by Crippen LogP contribution is 2.59. The number of hydrogen-bond acceptors (Lipinski definition) is 6. The molecule has 8 nitrogen and oxygen atoms in total. The van der Waals surface area contributed by atoms with Crippen molar-refractivity contribution in [3.8, 4) is 0 Å². The molecule has 164 valence electrons. The van der Waals surface area contributed by atoms with Crippen LogP contribution >= 0.6 is 0 Å². The number of amides is 1. The lowest BCUT2D eigenvalue weighted by molar-refractivity contribution is -0.146. The van der Waals surface area contributed by atoms with Crippen LogP contribution in [0.5, 0.6) is 0 Å². The molecule has 0 spiro atoms. The van der Waals surface area contributed by atoms with Gasteiger partial charge in [-0.05, 0) is 47.0 Å². The lowest BCUT2D eigenvalue weighted by atomic mass is 9.96. The summed E-state index contributed by atoms with van der Waals surface area (Å²) in [6, 6.07) is 0. The van der Waals surface area contributed by atoms with Crippen molar-refractivity contribution >= 4 is 18.0 Å². The van der Waals surface area contributed by atoms with Crippen LogP contribution in [0.3, 0.4) is 0 Å². The molecule has 0 aromatic heterocycles. The van der Waals surface area contributed by atoms with Crippen LogP contribution in [0.2, 0.25) is 0 Å². The number of carbonyl (C=O) groups excluding carboxylic acids is 2. The highest BCUT2D eigenvalue weighted by atomic mass is 16.6. The van der Waals surface area contributed by atoms with Crippen LogP contribution in [-0.2, 0) is 19.1 Å². The minimum atomic E-state index is -1.27. The van der Waals surface area contributed by atoms with E-state index < -0.39 is 34.2 Å². The van der Waals surface area contributed by atoms with Crippen molar-refractivity contribution in [3.05, 3.63) is 25.3 Å². The molecule has 0 unspecified atom stereocenters. The number of hydrogen-bond donors (Lipinski definition) is 3. The summed E-state index contributed by atoms with van der Waals surface area (Å²) in [6.45, 7) is 16.5. The normalized spacial score (nSPS) is 32.0. The van der Waals surface area contributed by atoms with Gasteiger partial charge in [0.25, 0.3) is 0 Å². The summed E-state index contributed by atoms with van der Waals surface area (Å²) in [6.07, 6.45) is 4.25. The van der Waals surface area contributed by atoms with Crippen LogP contribution in [0.4, 0.5) is 4.79 Å². The summed E-state index contributed by atoms with van der Waals surface area (Å²) in [5.74, 6) is -1.23. The fraction of sp³-hybridized carbons (Fsp3) is 0.667. The molecular formula is C21H34N2O6. The fourth-order valence-electron chi connectivity index (χ4n) is 3.33. The number of carboxylic acid groups (broad SMARTS) is 1. The molecule has 2 aliphatic rings. The Kier molecular flexibility index (Phi) is 7.29. The SMILES string of the molecule is C=C[C@@H]1C[C@]1(N)C(=O)OCC.C=C[C@]1(CC)C[C@]1(NC(=O)OC(C)(C)C)C(=O)O. The molecule has 29 heavy (non-hydrogen) atoms. The molecule has 0 aromatic carbocycles. The molecule has 2 aliphatic carbocycles. The number of ether oxygens (including phenoxy) is 2. The maximum atomic E-state index is 11.7. The first-order valence-corrected chi connectivity index (χ1v) is 9.74. The molecule has 0 saturated heterocycles. The largest absolute Gasteiger partial charge is 0.479 e. The maximum Gasteiger partial charge on any atom is 0.408 e. The Morgan fingerprint density at radius 1 is 1.28 bits per heavy atom. The number of carbonyl (C=O) groups is 3. The van der Waals surface area contributed by atoms with E-state index >= 15 is 0 Å². The van der Waals surface area contributed by atoms with Crippen molar-refractivity contribution in [2.45, 2.75) is 70.6 Å². The number of rotatable bonds is 7. The second-order valence-corrected chi connectivity index (χ2v) is 8.54. The summed E-state index contributed by atoms with van der Waals surface area (Å²) in [5.41, 5.74) is 2.44. The fourth-order valence-corrected chi connectivity index (χ4v) is 3.33. The zero-order valence-electron chi connectivity index (χ0n) is 18.0. The molecule has 4 atom stereocenters. The van der Waals surface area contributed by atoms with Gasteiger partial charge in [0.2, 0.25) is 0 Å². The monoisotopic (exact) mass is 410 g/mol. The molecule has 2 saturated carbocycles. The Labute approximate surface area is 172 Å². The number of alkyl carbamates (subject to hydrolysis) is 1. The van der Waals surface area contributed by atoms with E-state index in [0.29, 0.717) is 25.9 Å². The van der Waals surface area contributed by atoms with E-state index in [1.54, 1.807) is 39.8 Å². The predicted molar refractivity (Wildman–Crippen MR) is 109 cm³/mol. The van der Waals surface area contributed by atoms with Gasteiger partial charge in [0.1, 0.15) is 11.1 Å². The maximum absolute atomic E-state index is 11.7. The quantitative estimate of drug-likeness (QED) is 0.435. The number of carboxylic acids is 1. The van der Waals surface area contributed by atoms with Gasteiger partial charge in [-0.2, -0.15) is 0 Å². The van der Waals surface area contributed by atoms with Crippen molar-refractivity contribution in [1.29, 1.82) is 0 Å². The first-order chi connectivity index (χ1) is 13.3. The first-order valence-electron chi connectivity index (χ1n) is 9.74. The molecule has 2 rings (SSSR count). The lowest BCUT2D eigenvalue weighted by Gasteiger charge is -2.24. The molecule has 0 radical (unpaired) electrons. The highest BCUT2D eigenvalue weighted by Gasteiger charge is 2.71. The molecular weight excluding hydrogens is 376 g/mol. The smallest absolute Gasteiger partial charge is 0.408 e. The van der Waals surface area contributed by atoms with Crippen molar-refractivity contribution in [2.24, 2.45) is 17.1 Å². The van der Waals surface area contributed by atoms with Gasteiger partial charge in [-0.15, -0.1) is 13.2 Å². The standard InChI is InChI=1S/C13H21NO4.C8H13NO2/c1-6-12(7-2)8-13(12,9(15)16)14-10(17)18-11(3,4)5;1-3-6-5-8(6,9)7(10)11-4-2/h6H,1,7-8H2,2-5H3,(H,14,17)(H,15,16);3,6H,1,4-5,9H2,2H3/t12-,13-;6-,8-/m01/s1. The first kappa shape index (κ1) is 24.7. The van der Waals surface area contributed by atoms with Crippen molar-refractivity contribution in [1.82, 2.24) is 5.32 Å². The number of esters is 1. The van der Waals surface area contributed by atoms with Crippen LogP contribution in [-0.4, -0.2) is 46.4 Å². The Balaban J connectivity index is 0.000000326. The summed E-state index contributed by atoms with van der Waals surface area (Å²) < 4.78 is 9.89. The van der Waals surface area contributed by atoms with E-state index in [1.165, 1.54) is 0 Å². The van der Waals surface area contributed by atoms with Gasteiger partial charge in [0.05, 0.1) is 6.61 Å². The second-order valence-electron chi connectivity index (χ2n) is 8.54. The van der Waals surface area contributed by atoms with Gasteiger partial charge in [0.15, 0.2) is 5.54 Å². The van der Waals surface area contributed by atoms with E-state index in [0.717, 1.165) is 0 Å². The lowest BCUT2D eigenvalue weighted by Crippen LogP contribution is -2.49. The predicted octanol–water partition coefficient (Wildman–Crippen LogP) is 2.77. The molecule has 0 heterocycles. The zero-order valence-corrected chi connectivity index (χ0v) is 18.0. The Morgan fingerprint density at radius 2 is 1.86 bits per heavy atom. The van der Waals surface area contributed by atoms with Gasteiger partial charge in [0, 0.05) is 11.3 Å². The third-order valence-corrected chi connectivity index (χ3v) is 5.41. The van der Waals surface area contributed by atoms with Gasteiger partial charge in [-0.25, -0.2) is 9.59 Å². The topological polar surface area (TPSA) is 128 Å². The average Bonchev–Trinajstić information content (AvgIpc) is 3.48. The number of aliphatic carboxylic acids is 1. The van der Waals surface area contributed by atoms with Crippen LogP contribution in [0, 0.1) is 11.3 Å². The Morgan fingerprint density at radius 3 is 2.17 bits per heavy atom. The average molecular weight is 411 g/mol. The second kappa shape index (κ2) is 8.57. The summed E-state index contributed by atoms with van der Waals surface area (Å²) >= 11 is 0. The van der Waals surface area contributed by atoms with Crippen LogP contribution in [0.25, 0.3) is 0 Å². The van der Waals surface area contributed by atoms with Crippen molar-refractivity contribution in [2.75, 3.05) is 6.61 Å². The molecule has 0 aromatic rings. The summed E-state index contributed by atoms with van der Waals surface area (Å²) in [5, 5.41) is 11.8. The molecule has 8 heteroatoms. The summed E-state index contributed by atoms with van der Waals surface area (Å²) in [4.78, 5) is 34.2. The Hall–Kier alpha value is -2.35.